The number of halogens is 10. The molecule has 0 spiro atoms. The molecule has 0 aliphatic rings. The third-order valence-electron chi connectivity index (χ3n) is 6.20. The van der Waals surface area contributed by atoms with Gasteiger partial charge < -0.3 is 20.1 Å². The zero-order chi connectivity index (χ0) is 34.6. The van der Waals surface area contributed by atoms with Gasteiger partial charge in [-0.2, -0.15) is 39.5 Å². The smallest absolute Gasteiger partial charge is 0.416 e. The summed E-state index contributed by atoms with van der Waals surface area (Å²) in [7, 11) is 0. The minimum atomic E-state index is -5.11. The lowest BCUT2D eigenvalue weighted by molar-refractivity contribution is -0.143. The molecule has 2 amide bonds. The first-order valence-corrected chi connectivity index (χ1v) is 14.4. The van der Waals surface area contributed by atoms with Crippen LogP contribution in [0.2, 0.25) is 0 Å². The van der Waals surface area contributed by atoms with E-state index in [0.717, 1.165) is 12.1 Å². The minimum Gasteiger partial charge on any atom is -0.488 e. The van der Waals surface area contributed by atoms with Gasteiger partial charge in [0.2, 0.25) is 0 Å². The molecule has 0 saturated heterocycles. The van der Waals surface area contributed by atoms with Crippen molar-refractivity contribution >= 4 is 34.4 Å². The molecule has 0 aliphatic carbocycles. The number of hydrogen-bond donors (Lipinski definition) is 2. The van der Waals surface area contributed by atoms with E-state index in [1.54, 1.807) is 25.1 Å². The Labute approximate surface area is 270 Å². The molecule has 2 N–H and O–H groups in total. The van der Waals surface area contributed by atoms with Crippen LogP contribution in [0.3, 0.4) is 0 Å². The SMILES string of the molecule is Cc1cc(C(=O)NC[C@H](C)Oc2cccc(O[C@@H](C)CNC(=O)c3cc(C(F)(F)F)cc(C(F)(F)F)c3)c2I)cc(C(F)(F)F)c1. The van der Waals surface area contributed by atoms with Gasteiger partial charge in [-0.1, -0.05) is 6.07 Å². The van der Waals surface area contributed by atoms with Crippen LogP contribution in [0.15, 0.2) is 54.6 Å². The molecular formula is C30H26F9IN2O4. The average molecular weight is 776 g/mol. The van der Waals surface area contributed by atoms with E-state index in [9.17, 15) is 49.1 Å². The Balaban J connectivity index is 1.60. The van der Waals surface area contributed by atoms with E-state index in [-0.39, 0.29) is 36.0 Å². The number of amides is 2. The zero-order valence-corrected chi connectivity index (χ0v) is 26.3. The van der Waals surface area contributed by atoms with Crippen molar-refractivity contribution in [2.75, 3.05) is 13.1 Å². The normalized spacial score (nSPS) is 13.5. The van der Waals surface area contributed by atoms with Crippen LogP contribution in [0.4, 0.5) is 39.5 Å². The monoisotopic (exact) mass is 776 g/mol. The van der Waals surface area contributed by atoms with E-state index in [1.807, 2.05) is 22.6 Å². The molecule has 2 atom stereocenters. The Hall–Kier alpha value is -3.70. The number of alkyl halides is 9. The van der Waals surface area contributed by atoms with Crippen LogP contribution in [0.1, 0.15) is 56.8 Å². The summed E-state index contributed by atoms with van der Waals surface area (Å²) >= 11 is 1.90. The fourth-order valence-corrected chi connectivity index (χ4v) is 4.64. The Morgan fingerprint density at radius 1 is 0.674 bits per heavy atom. The van der Waals surface area contributed by atoms with Crippen molar-refractivity contribution in [1.82, 2.24) is 10.6 Å². The highest BCUT2D eigenvalue weighted by Crippen LogP contribution is 2.37. The number of benzene rings is 3. The van der Waals surface area contributed by atoms with Gasteiger partial charge in [0.05, 0.1) is 33.4 Å². The van der Waals surface area contributed by atoms with Crippen LogP contribution in [-0.4, -0.2) is 37.1 Å². The fraction of sp³-hybridized carbons (Fsp3) is 0.333. The topological polar surface area (TPSA) is 76.7 Å². The predicted molar refractivity (Wildman–Crippen MR) is 157 cm³/mol. The molecule has 0 fully saturated rings. The molecule has 6 nitrogen and oxygen atoms in total. The molecule has 46 heavy (non-hydrogen) atoms. The van der Waals surface area contributed by atoms with Crippen molar-refractivity contribution in [3.05, 3.63) is 91.5 Å². The molecule has 0 bridgehead atoms. The molecular weight excluding hydrogens is 750 g/mol. The van der Waals surface area contributed by atoms with Crippen LogP contribution in [0, 0.1) is 10.5 Å². The van der Waals surface area contributed by atoms with E-state index >= 15 is 0 Å². The van der Waals surface area contributed by atoms with E-state index < -0.39 is 64.8 Å². The molecule has 0 saturated carbocycles. The molecule has 3 aromatic carbocycles. The molecule has 0 aromatic heterocycles. The Morgan fingerprint density at radius 3 is 1.43 bits per heavy atom. The van der Waals surface area contributed by atoms with Crippen LogP contribution < -0.4 is 20.1 Å². The van der Waals surface area contributed by atoms with Crippen molar-refractivity contribution in [3.8, 4) is 11.5 Å². The highest BCUT2D eigenvalue weighted by molar-refractivity contribution is 14.1. The Bertz CT molecular complexity index is 1540. The molecule has 3 rings (SSSR count). The van der Waals surface area contributed by atoms with Crippen molar-refractivity contribution in [2.45, 2.75) is 51.5 Å². The van der Waals surface area contributed by atoms with Crippen LogP contribution in [0.25, 0.3) is 0 Å². The van der Waals surface area contributed by atoms with E-state index in [0.29, 0.717) is 21.5 Å². The van der Waals surface area contributed by atoms with E-state index in [1.165, 1.54) is 19.9 Å². The third kappa shape index (κ3) is 10.2. The number of nitrogens with one attached hydrogen (secondary N) is 2. The molecule has 16 heteroatoms. The number of hydrogen-bond acceptors (Lipinski definition) is 4. The van der Waals surface area contributed by atoms with Crippen molar-refractivity contribution in [3.63, 3.8) is 0 Å². The molecule has 3 aromatic rings. The predicted octanol–water partition coefficient (Wildman–Crippen LogP) is 8.05. The maximum atomic E-state index is 13.1. The van der Waals surface area contributed by atoms with Crippen molar-refractivity contribution in [1.29, 1.82) is 0 Å². The van der Waals surface area contributed by atoms with Gasteiger partial charge in [0.25, 0.3) is 11.8 Å². The minimum absolute atomic E-state index is 0.0662. The van der Waals surface area contributed by atoms with Gasteiger partial charge >= 0.3 is 18.5 Å². The Kier molecular flexibility index (Phi) is 11.5. The lowest BCUT2D eigenvalue weighted by Gasteiger charge is -2.20. The van der Waals surface area contributed by atoms with Crippen LogP contribution in [0.5, 0.6) is 11.5 Å². The van der Waals surface area contributed by atoms with Crippen molar-refractivity contribution < 1.29 is 58.6 Å². The standard InChI is InChI=1S/C30H26F9IN2O4/c1-15-7-18(9-20(8-15)28(31,32)33)26(43)41-13-16(2)45-23-5-4-6-24(25(23)40)46-17(3)14-42-27(44)19-10-21(29(34,35)36)12-22(11-19)30(37,38)39/h4-12,16-17H,13-14H2,1-3H3,(H,41,43)(H,42,44)/t16-,17-/m0/s1. The maximum absolute atomic E-state index is 13.1. The van der Waals surface area contributed by atoms with Crippen molar-refractivity contribution in [2.24, 2.45) is 0 Å². The second-order valence-electron chi connectivity index (χ2n) is 10.2. The molecule has 0 aliphatic heterocycles. The second-order valence-corrected chi connectivity index (χ2v) is 11.3. The average Bonchev–Trinajstić information content (AvgIpc) is 2.94. The summed E-state index contributed by atoms with van der Waals surface area (Å²) in [6, 6.07) is 8.27. The highest BCUT2D eigenvalue weighted by Gasteiger charge is 2.37. The lowest BCUT2D eigenvalue weighted by atomic mass is 10.0. The first-order valence-electron chi connectivity index (χ1n) is 13.3. The maximum Gasteiger partial charge on any atom is 0.416 e. The molecule has 0 unspecified atom stereocenters. The number of rotatable bonds is 10. The first kappa shape index (κ1) is 36.8. The number of carbonyl (C=O) groups excluding carboxylic acids is 2. The molecule has 0 heterocycles. The van der Waals surface area contributed by atoms with E-state index in [2.05, 4.69) is 10.6 Å². The summed E-state index contributed by atoms with van der Waals surface area (Å²) in [6.45, 7) is 4.20. The quantitative estimate of drug-likeness (QED) is 0.162. The lowest BCUT2D eigenvalue weighted by Crippen LogP contribution is -2.34. The van der Waals surface area contributed by atoms with Gasteiger partial charge in [-0.25, -0.2) is 0 Å². The number of aryl methyl sites for hydroxylation is 1. The zero-order valence-electron chi connectivity index (χ0n) is 24.2. The summed E-state index contributed by atoms with van der Waals surface area (Å²) in [5.41, 5.74) is -4.93. The first-order chi connectivity index (χ1) is 21.1. The molecule has 250 valence electrons. The van der Waals surface area contributed by atoms with Gasteiger partial charge in [0.1, 0.15) is 23.7 Å². The summed E-state index contributed by atoms with van der Waals surface area (Å²) in [4.78, 5) is 25.0. The van der Waals surface area contributed by atoms with E-state index in [4.69, 9.17) is 9.47 Å². The largest absolute Gasteiger partial charge is 0.488 e. The van der Waals surface area contributed by atoms with Gasteiger partial charge in [0.15, 0.2) is 0 Å². The summed E-state index contributed by atoms with van der Waals surface area (Å²) in [5, 5.41) is 4.79. The number of ether oxygens (including phenoxy) is 2. The van der Waals surface area contributed by atoms with Crippen LogP contribution >= 0.6 is 22.6 Å². The van der Waals surface area contributed by atoms with Gasteiger partial charge in [-0.05, 0) is 97.5 Å². The van der Waals surface area contributed by atoms with Gasteiger partial charge in [-0.15, -0.1) is 0 Å². The summed E-state index contributed by atoms with van der Waals surface area (Å²) in [5.74, 6) is -1.31. The number of carbonyl (C=O) groups is 2. The van der Waals surface area contributed by atoms with Gasteiger partial charge in [-0.3, -0.25) is 9.59 Å². The van der Waals surface area contributed by atoms with Crippen LogP contribution in [-0.2, 0) is 18.5 Å². The van der Waals surface area contributed by atoms with Gasteiger partial charge in [0, 0.05) is 11.1 Å². The summed E-state index contributed by atoms with van der Waals surface area (Å²) in [6.07, 6.45) is -16.3. The summed E-state index contributed by atoms with van der Waals surface area (Å²) < 4.78 is 130. The fourth-order valence-electron chi connectivity index (χ4n) is 4.03. The molecule has 0 radical (unpaired) electrons. The Morgan fingerprint density at radius 2 is 1.04 bits per heavy atom. The highest BCUT2D eigenvalue weighted by atomic mass is 127. The second kappa shape index (κ2) is 14.4. The third-order valence-corrected chi connectivity index (χ3v) is 7.26.